The Morgan fingerprint density at radius 1 is 1.33 bits per heavy atom. The van der Waals surface area contributed by atoms with Gasteiger partial charge in [0, 0.05) is 12.2 Å². The molecule has 1 aliphatic carbocycles. The molecule has 3 rings (SSSR count). The monoisotopic (exact) mass is 264 g/mol. The molecule has 1 heterocycles. The predicted octanol–water partition coefficient (Wildman–Crippen LogP) is 3.44. The highest BCUT2D eigenvalue weighted by Gasteiger charge is 2.20. The Hall–Kier alpha value is -1.22. The van der Waals surface area contributed by atoms with Gasteiger partial charge >= 0.3 is 0 Å². The van der Waals surface area contributed by atoms with Gasteiger partial charge in [0.05, 0.1) is 17.1 Å². The third kappa shape index (κ3) is 2.32. The highest BCUT2D eigenvalue weighted by atomic mass is 35.5. The lowest BCUT2D eigenvalue weighted by Gasteiger charge is -2.14. The van der Waals surface area contributed by atoms with Crippen molar-refractivity contribution in [1.29, 1.82) is 0 Å². The minimum absolute atomic E-state index is 0.0500. The molecule has 0 bridgehead atoms. The van der Waals surface area contributed by atoms with Gasteiger partial charge in [-0.3, -0.25) is 4.79 Å². The number of halogens is 1. The van der Waals surface area contributed by atoms with Crippen molar-refractivity contribution in [3.63, 3.8) is 0 Å². The van der Waals surface area contributed by atoms with Crippen LogP contribution in [-0.2, 0) is 11.2 Å². The van der Waals surface area contributed by atoms with Crippen LogP contribution in [0.4, 0.5) is 11.4 Å². The number of benzene rings is 1. The first kappa shape index (κ1) is 11.8. The number of carbonyl (C=O) groups is 1. The quantitative estimate of drug-likeness (QED) is 0.878. The summed E-state index contributed by atoms with van der Waals surface area (Å²) in [6.07, 6.45) is 5.79. The van der Waals surface area contributed by atoms with Crippen molar-refractivity contribution in [2.75, 3.05) is 17.2 Å². The fourth-order valence-corrected chi connectivity index (χ4v) is 3.08. The van der Waals surface area contributed by atoms with Crippen LogP contribution in [0.3, 0.4) is 0 Å². The van der Waals surface area contributed by atoms with Gasteiger partial charge in [-0.1, -0.05) is 24.4 Å². The fraction of sp³-hybridized carbons (Fsp3) is 0.500. The molecule has 0 saturated heterocycles. The van der Waals surface area contributed by atoms with Crippen molar-refractivity contribution in [2.45, 2.75) is 32.1 Å². The largest absolute Gasteiger partial charge is 0.384 e. The normalized spacial score (nSPS) is 18.8. The van der Waals surface area contributed by atoms with E-state index in [1.807, 2.05) is 12.1 Å². The maximum absolute atomic E-state index is 11.3. The Morgan fingerprint density at radius 2 is 2.11 bits per heavy atom. The summed E-state index contributed by atoms with van der Waals surface area (Å²) in [5.41, 5.74) is 2.86. The van der Waals surface area contributed by atoms with Gasteiger partial charge in [-0.05, 0) is 36.5 Å². The molecule has 3 nitrogen and oxygen atoms in total. The van der Waals surface area contributed by atoms with E-state index in [2.05, 4.69) is 10.6 Å². The van der Waals surface area contributed by atoms with E-state index in [4.69, 9.17) is 11.6 Å². The molecule has 96 valence electrons. The number of nitrogens with one attached hydrogen (secondary N) is 2. The van der Waals surface area contributed by atoms with Crippen LogP contribution in [0.15, 0.2) is 12.1 Å². The highest BCUT2D eigenvalue weighted by molar-refractivity contribution is 6.33. The number of hydrogen-bond donors (Lipinski definition) is 2. The standard InChI is InChI=1S/C14H17ClN2O/c15-11-7-12-10(6-14(18)17-12)5-13(11)16-8-9-3-1-2-4-9/h5,7,9,16H,1-4,6,8H2,(H,17,18). The molecular formula is C14H17ClN2O. The molecule has 1 aliphatic heterocycles. The van der Waals surface area contributed by atoms with Crippen LogP contribution in [0, 0.1) is 5.92 Å². The lowest BCUT2D eigenvalue weighted by molar-refractivity contribution is -0.115. The van der Waals surface area contributed by atoms with Crippen LogP contribution in [0.2, 0.25) is 5.02 Å². The molecule has 18 heavy (non-hydrogen) atoms. The SMILES string of the molecule is O=C1Cc2cc(NCC3CCCC3)c(Cl)cc2N1. The van der Waals surface area contributed by atoms with Crippen LogP contribution < -0.4 is 10.6 Å². The molecule has 0 atom stereocenters. The Balaban J connectivity index is 1.72. The molecule has 4 heteroatoms. The molecule has 2 aliphatic rings. The van der Waals surface area contributed by atoms with Crippen molar-refractivity contribution >= 4 is 28.9 Å². The lowest BCUT2D eigenvalue weighted by Crippen LogP contribution is -2.11. The lowest BCUT2D eigenvalue weighted by atomic mass is 10.1. The molecule has 1 saturated carbocycles. The Bertz CT molecular complexity index is 481. The summed E-state index contributed by atoms with van der Waals surface area (Å²) in [5, 5.41) is 6.93. The molecule has 0 radical (unpaired) electrons. The summed E-state index contributed by atoms with van der Waals surface area (Å²) in [6.45, 7) is 0.986. The molecule has 0 aromatic heterocycles. The van der Waals surface area contributed by atoms with Crippen LogP contribution in [0.25, 0.3) is 0 Å². The molecule has 1 aromatic rings. The summed E-state index contributed by atoms with van der Waals surface area (Å²) in [5.74, 6) is 0.822. The minimum Gasteiger partial charge on any atom is -0.384 e. The van der Waals surface area contributed by atoms with Crippen molar-refractivity contribution in [2.24, 2.45) is 5.92 Å². The van der Waals surface area contributed by atoms with Crippen molar-refractivity contribution in [1.82, 2.24) is 0 Å². The second kappa shape index (κ2) is 4.81. The minimum atomic E-state index is 0.0500. The third-order valence-corrected chi connectivity index (χ3v) is 4.19. The fourth-order valence-electron chi connectivity index (χ4n) is 2.85. The molecule has 1 aromatic carbocycles. The van der Waals surface area contributed by atoms with Gasteiger partial charge in [0.2, 0.25) is 5.91 Å². The van der Waals surface area contributed by atoms with E-state index in [1.54, 1.807) is 0 Å². The van der Waals surface area contributed by atoms with E-state index in [0.29, 0.717) is 11.4 Å². The Labute approximate surface area is 112 Å². The first-order valence-corrected chi connectivity index (χ1v) is 6.96. The van der Waals surface area contributed by atoms with Crippen LogP contribution in [0.5, 0.6) is 0 Å². The van der Waals surface area contributed by atoms with E-state index < -0.39 is 0 Å². The first-order chi connectivity index (χ1) is 8.72. The average Bonchev–Trinajstić information content (AvgIpc) is 2.94. The van der Waals surface area contributed by atoms with E-state index >= 15 is 0 Å². The van der Waals surface area contributed by atoms with Gasteiger partial charge in [0.25, 0.3) is 0 Å². The molecule has 1 fully saturated rings. The third-order valence-electron chi connectivity index (χ3n) is 3.87. The van der Waals surface area contributed by atoms with Gasteiger partial charge in [0.1, 0.15) is 0 Å². The molecule has 0 unspecified atom stereocenters. The second-order valence-electron chi connectivity index (χ2n) is 5.25. The van der Waals surface area contributed by atoms with E-state index in [9.17, 15) is 4.79 Å². The second-order valence-corrected chi connectivity index (χ2v) is 5.65. The Kier molecular flexibility index (Phi) is 3.16. The van der Waals surface area contributed by atoms with E-state index in [0.717, 1.165) is 29.4 Å². The van der Waals surface area contributed by atoms with Crippen molar-refractivity contribution in [3.05, 3.63) is 22.7 Å². The number of amides is 1. The van der Waals surface area contributed by atoms with Gasteiger partial charge in [0.15, 0.2) is 0 Å². The Morgan fingerprint density at radius 3 is 2.89 bits per heavy atom. The van der Waals surface area contributed by atoms with Crippen LogP contribution in [-0.4, -0.2) is 12.5 Å². The van der Waals surface area contributed by atoms with Gasteiger partial charge in [-0.2, -0.15) is 0 Å². The average molecular weight is 265 g/mol. The zero-order valence-electron chi connectivity index (χ0n) is 10.3. The van der Waals surface area contributed by atoms with Gasteiger partial charge < -0.3 is 10.6 Å². The number of rotatable bonds is 3. The maximum atomic E-state index is 11.3. The summed E-state index contributed by atoms with van der Waals surface area (Å²) in [4.78, 5) is 11.3. The molecule has 2 N–H and O–H groups in total. The number of anilines is 2. The summed E-state index contributed by atoms with van der Waals surface area (Å²) in [7, 11) is 0. The molecule has 0 spiro atoms. The zero-order valence-corrected chi connectivity index (χ0v) is 11.0. The number of carbonyl (C=O) groups excluding carboxylic acids is 1. The summed E-state index contributed by atoms with van der Waals surface area (Å²) in [6, 6.07) is 3.85. The molecule has 1 amide bonds. The van der Waals surface area contributed by atoms with E-state index in [1.165, 1.54) is 25.7 Å². The van der Waals surface area contributed by atoms with Crippen molar-refractivity contribution < 1.29 is 4.79 Å². The first-order valence-electron chi connectivity index (χ1n) is 6.58. The van der Waals surface area contributed by atoms with Crippen LogP contribution in [0.1, 0.15) is 31.2 Å². The maximum Gasteiger partial charge on any atom is 0.228 e. The predicted molar refractivity (Wildman–Crippen MR) is 74.2 cm³/mol. The van der Waals surface area contributed by atoms with Crippen molar-refractivity contribution in [3.8, 4) is 0 Å². The topological polar surface area (TPSA) is 41.1 Å². The number of fused-ring (bicyclic) bond motifs is 1. The van der Waals surface area contributed by atoms with E-state index in [-0.39, 0.29) is 5.91 Å². The smallest absolute Gasteiger partial charge is 0.228 e. The zero-order chi connectivity index (χ0) is 12.5. The van der Waals surface area contributed by atoms with Crippen LogP contribution >= 0.6 is 11.6 Å². The summed E-state index contributed by atoms with van der Waals surface area (Å²) < 4.78 is 0. The highest BCUT2D eigenvalue weighted by Crippen LogP contribution is 2.33. The molecular weight excluding hydrogens is 248 g/mol. The van der Waals surface area contributed by atoms with Gasteiger partial charge in [-0.15, -0.1) is 0 Å². The summed E-state index contributed by atoms with van der Waals surface area (Å²) >= 11 is 6.23. The number of hydrogen-bond acceptors (Lipinski definition) is 2. The van der Waals surface area contributed by atoms with Gasteiger partial charge in [-0.25, -0.2) is 0 Å².